The molecule has 2 heterocycles. The fraction of sp³-hybridized carbons (Fsp3) is 0.250. The van der Waals surface area contributed by atoms with Gasteiger partial charge in [0, 0.05) is 6.92 Å². The van der Waals surface area contributed by atoms with Gasteiger partial charge in [-0.1, -0.05) is 16.8 Å². The molecule has 0 aliphatic heterocycles. The van der Waals surface area contributed by atoms with Crippen molar-refractivity contribution in [3.05, 3.63) is 29.3 Å². The third kappa shape index (κ3) is 2.41. The maximum Gasteiger partial charge on any atom is 0.223 e. The van der Waals surface area contributed by atoms with Gasteiger partial charge < -0.3 is 9.84 Å². The maximum absolute atomic E-state index is 5.84. The highest BCUT2D eigenvalue weighted by Crippen LogP contribution is 2.16. The highest BCUT2D eigenvalue weighted by molar-refractivity contribution is 6.32. The molecule has 1 N–H and O–H groups in total. The maximum atomic E-state index is 5.84. The number of nitrogens with one attached hydrogen (secondary N) is 1. The topological polar surface area (TPSA) is 76.7 Å². The molecule has 7 heteroatoms. The Kier molecular flexibility index (Phi) is 2.77. The second-order valence-electron chi connectivity index (χ2n) is 2.80. The molecule has 0 saturated heterocycles. The monoisotopic (exact) mass is 225 g/mol. The Labute approximate surface area is 90.7 Å². The third-order valence-corrected chi connectivity index (χ3v) is 1.93. The summed E-state index contributed by atoms with van der Waals surface area (Å²) in [4.78, 5) is 11.8. The molecule has 0 saturated carbocycles. The van der Waals surface area contributed by atoms with E-state index in [0.717, 1.165) is 0 Å². The standard InChI is InChI=1S/C8H8ClN5O/c1-5-13-7(14-15-5)3-11-8-6(9)2-10-4-12-8/h2,4H,3H2,1H3,(H,10,11,12). The number of rotatable bonds is 3. The van der Waals surface area contributed by atoms with Gasteiger partial charge >= 0.3 is 0 Å². The van der Waals surface area contributed by atoms with Crippen molar-refractivity contribution in [3.63, 3.8) is 0 Å². The predicted octanol–water partition coefficient (Wildman–Crippen LogP) is 1.43. The fourth-order valence-corrected chi connectivity index (χ4v) is 1.19. The molecule has 0 fully saturated rings. The van der Waals surface area contributed by atoms with E-state index >= 15 is 0 Å². The van der Waals surface area contributed by atoms with Crippen LogP contribution < -0.4 is 5.32 Å². The minimum absolute atomic E-state index is 0.411. The molecule has 0 unspecified atom stereocenters. The molecule has 78 valence electrons. The molecule has 0 aromatic carbocycles. The summed E-state index contributed by atoms with van der Waals surface area (Å²) in [6.45, 7) is 2.14. The Bertz CT molecular complexity index is 458. The molecule has 0 radical (unpaired) electrons. The summed E-state index contributed by atoms with van der Waals surface area (Å²) < 4.78 is 4.82. The molecule has 0 aliphatic rings. The Balaban J connectivity index is 2.02. The van der Waals surface area contributed by atoms with Crippen LogP contribution in [0, 0.1) is 6.92 Å². The SMILES string of the molecule is Cc1nc(CNc2ncncc2Cl)no1. The normalized spacial score (nSPS) is 10.3. The molecule has 6 nitrogen and oxygen atoms in total. The van der Waals surface area contributed by atoms with Gasteiger partial charge in [-0.25, -0.2) is 9.97 Å². The zero-order chi connectivity index (χ0) is 10.7. The summed E-state index contributed by atoms with van der Waals surface area (Å²) in [5.41, 5.74) is 0. The molecule has 2 aromatic heterocycles. The summed E-state index contributed by atoms with van der Waals surface area (Å²) in [7, 11) is 0. The Morgan fingerprint density at radius 1 is 1.53 bits per heavy atom. The van der Waals surface area contributed by atoms with Crippen LogP contribution in [0.15, 0.2) is 17.0 Å². The van der Waals surface area contributed by atoms with Crippen molar-refractivity contribution in [1.82, 2.24) is 20.1 Å². The first-order chi connectivity index (χ1) is 7.25. The number of nitrogens with zero attached hydrogens (tertiary/aromatic N) is 4. The van der Waals surface area contributed by atoms with Crippen LogP contribution in [-0.4, -0.2) is 20.1 Å². The third-order valence-electron chi connectivity index (χ3n) is 1.65. The molecule has 0 aliphatic carbocycles. The number of aryl methyl sites for hydroxylation is 1. The summed E-state index contributed by atoms with van der Waals surface area (Å²) in [5, 5.41) is 7.16. The van der Waals surface area contributed by atoms with E-state index in [4.69, 9.17) is 16.1 Å². The average Bonchev–Trinajstić information content (AvgIpc) is 2.63. The van der Waals surface area contributed by atoms with Gasteiger partial charge in [0.15, 0.2) is 5.82 Å². The number of hydrogen-bond acceptors (Lipinski definition) is 6. The number of hydrogen-bond donors (Lipinski definition) is 1. The summed E-state index contributed by atoms with van der Waals surface area (Å²) in [6.07, 6.45) is 2.92. The van der Waals surface area contributed by atoms with Crippen molar-refractivity contribution in [2.45, 2.75) is 13.5 Å². The first kappa shape index (κ1) is 9.85. The van der Waals surface area contributed by atoms with Gasteiger partial charge in [0.05, 0.1) is 12.7 Å². The molecule has 0 spiro atoms. The minimum Gasteiger partial charge on any atom is -0.361 e. The van der Waals surface area contributed by atoms with Crippen molar-refractivity contribution in [2.24, 2.45) is 0 Å². The van der Waals surface area contributed by atoms with E-state index in [1.807, 2.05) is 0 Å². The number of aromatic nitrogens is 4. The Morgan fingerprint density at radius 2 is 2.40 bits per heavy atom. The molecule has 0 amide bonds. The number of anilines is 1. The smallest absolute Gasteiger partial charge is 0.223 e. The number of halogens is 1. The van der Waals surface area contributed by atoms with E-state index in [-0.39, 0.29) is 0 Å². The summed E-state index contributed by atoms with van der Waals surface area (Å²) in [6, 6.07) is 0. The van der Waals surface area contributed by atoms with Crippen LogP contribution in [0.25, 0.3) is 0 Å². The van der Waals surface area contributed by atoms with Crippen LogP contribution in [-0.2, 0) is 6.54 Å². The fourth-order valence-electron chi connectivity index (χ4n) is 1.02. The lowest BCUT2D eigenvalue weighted by Crippen LogP contribution is -2.03. The Hall–Kier alpha value is -1.69. The average molecular weight is 226 g/mol. The zero-order valence-corrected chi connectivity index (χ0v) is 8.69. The van der Waals surface area contributed by atoms with Crippen molar-refractivity contribution in [3.8, 4) is 0 Å². The van der Waals surface area contributed by atoms with Gasteiger partial charge in [0.1, 0.15) is 17.2 Å². The van der Waals surface area contributed by atoms with Crippen LogP contribution in [0.2, 0.25) is 5.02 Å². The van der Waals surface area contributed by atoms with Gasteiger partial charge in [0.25, 0.3) is 0 Å². The van der Waals surface area contributed by atoms with Crippen LogP contribution >= 0.6 is 11.6 Å². The van der Waals surface area contributed by atoms with E-state index in [0.29, 0.717) is 29.1 Å². The lowest BCUT2D eigenvalue weighted by atomic mass is 10.5. The van der Waals surface area contributed by atoms with E-state index in [1.165, 1.54) is 12.5 Å². The van der Waals surface area contributed by atoms with Gasteiger partial charge in [-0.15, -0.1) is 0 Å². The van der Waals surface area contributed by atoms with Crippen molar-refractivity contribution in [2.75, 3.05) is 5.32 Å². The quantitative estimate of drug-likeness (QED) is 0.852. The first-order valence-electron chi connectivity index (χ1n) is 4.24. The minimum atomic E-state index is 0.411. The lowest BCUT2D eigenvalue weighted by molar-refractivity contribution is 0.388. The van der Waals surface area contributed by atoms with E-state index in [1.54, 1.807) is 6.92 Å². The van der Waals surface area contributed by atoms with E-state index in [9.17, 15) is 0 Å². The molecular weight excluding hydrogens is 218 g/mol. The van der Waals surface area contributed by atoms with Crippen molar-refractivity contribution in [1.29, 1.82) is 0 Å². The lowest BCUT2D eigenvalue weighted by Gasteiger charge is -2.02. The van der Waals surface area contributed by atoms with Gasteiger partial charge in [0.2, 0.25) is 5.89 Å². The molecular formula is C8H8ClN5O. The van der Waals surface area contributed by atoms with Crippen molar-refractivity contribution >= 4 is 17.4 Å². The molecule has 2 aromatic rings. The predicted molar refractivity (Wildman–Crippen MR) is 53.4 cm³/mol. The van der Waals surface area contributed by atoms with Crippen LogP contribution in [0.4, 0.5) is 5.82 Å². The summed E-state index contributed by atoms with van der Waals surface area (Å²) >= 11 is 5.84. The zero-order valence-electron chi connectivity index (χ0n) is 7.94. The van der Waals surface area contributed by atoms with Crippen molar-refractivity contribution < 1.29 is 4.52 Å². The van der Waals surface area contributed by atoms with E-state index < -0.39 is 0 Å². The molecule has 0 bridgehead atoms. The van der Waals surface area contributed by atoms with Gasteiger partial charge in [-0.3, -0.25) is 0 Å². The van der Waals surface area contributed by atoms with Gasteiger partial charge in [-0.2, -0.15) is 4.98 Å². The highest BCUT2D eigenvalue weighted by Gasteiger charge is 2.04. The molecule has 15 heavy (non-hydrogen) atoms. The van der Waals surface area contributed by atoms with Crippen LogP contribution in [0.5, 0.6) is 0 Å². The molecule has 0 atom stereocenters. The first-order valence-corrected chi connectivity index (χ1v) is 4.62. The Morgan fingerprint density at radius 3 is 3.07 bits per heavy atom. The largest absolute Gasteiger partial charge is 0.361 e. The summed E-state index contributed by atoms with van der Waals surface area (Å²) in [5.74, 6) is 1.64. The second kappa shape index (κ2) is 4.22. The second-order valence-corrected chi connectivity index (χ2v) is 3.21. The highest BCUT2D eigenvalue weighted by atomic mass is 35.5. The molecule has 2 rings (SSSR count). The van der Waals surface area contributed by atoms with Crippen LogP contribution in [0.3, 0.4) is 0 Å². The van der Waals surface area contributed by atoms with Gasteiger partial charge in [-0.05, 0) is 0 Å². The van der Waals surface area contributed by atoms with E-state index in [2.05, 4.69) is 25.4 Å². The van der Waals surface area contributed by atoms with Crippen LogP contribution in [0.1, 0.15) is 11.7 Å².